The highest BCUT2D eigenvalue weighted by Crippen LogP contribution is 2.19. The third kappa shape index (κ3) is 3.36. The van der Waals surface area contributed by atoms with Gasteiger partial charge in [-0.3, -0.25) is 0 Å². The zero-order chi connectivity index (χ0) is 14.5. The van der Waals surface area contributed by atoms with Crippen LogP contribution >= 0.6 is 11.6 Å². The predicted octanol–water partition coefficient (Wildman–Crippen LogP) is 1.90. The number of amides is 2. The molecule has 0 bridgehead atoms. The van der Waals surface area contributed by atoms with E-state index < -0.39 is 6.03 Å². The van der Waals surface area contributed by atoms with E-state index in [0.29, 0.717) is 17.3 Å². The first kappa shape index (κ1) is 14.1. The van der Waals surface area contributed by atoms with E-state index in [1.807, 2.05) is 37.3 Å². The molecule has 1 aromatic heterocycles. The third-order valence-electron chi connectivity index (χ3n) is 2.65. The lowest BCUT2D eigenvalue weighted by Gasteiger charge is -2.03. The van der Waals surface area contributed by atoms with Crippen molar-refractivity contribution in [2.75, 3.05) is 0 Å². The standard InChI is InChI=1S/C13H14ClN5O/c1-9-11(7-16-17-13(15)20)12(14)19(18-9)8-10-5-3-2-4-6-10/h2-7H,8H2,1H3,(H3,15,17,20)/b16-7-. The highest BCUT2D eigenvalue weighted by atomic mass is 35.5. The Morgan fingerprint density at radius 1 is 1.50 bits per heavy atom. The maximum Gasteiger partial charge on any atom is 0.332 e. The fraction of sp³-hybridized carbons (Fsp3) is 0.154. The Labute approximate surface area is 121 Å². The number of aryl methyl sites for hydroxylation is 1. The second kappa shape index (κ2) is 6.21. The van der Waals surface area contributed by atoms with Gasteiger partial charge in [-0.25, -0.2) is 14.9 Å². The van der Waals surface area contributed by atoms with Gasteiger partial charge >= 0.3 is 6.03 Å². The van der Waals surface area contributed by atoms with Crippen LogP contribution in [0.2, 0.25) is 5.15 Å². The van der Waals surface area contributed by atoms with E-state index in [-0.39, 0.29) is 0 Å². The molecule has 2 aromatic rings. The number of hydrogen-bond donors (Lipinski definition) is 2. The number of carbonyl (C=O) groups excluding carboxylic acids is 1. The van der Waals surface area contributed by atoms with Crippen LogP contribution in [0.1, 0.15) is 16.8 Å². The number of rotatable bonds is 4. The normalized spacial score (nSPS) is 10.9. The van der Waals surface area contributed by atoms with Gasteiger partial charge in [-0.1, -0.05) is 41.9 Å². The molecule has 0 aliphatic carbocycles. The van der Waals surface area contributed by atoms with Crippen LogP contribution in [0.25, 0.3) is 0 Å². The van der Waals surface area contributed by atoms with Gasteiger partial charge in [0.05, 0.1) is 24.0 Å². The summed E-state index contributed by atoms with van der Waals surface area (Å²) in [6.07, 6.45) is 1.43. The first-order chi connectivity index (χ1) is 9.58. The molecule has 0 aliphatic heterocycles. The van der Waals surface area contributed by atoms with E-state index in [1.54, 1.807) is 4.68 Å². The van der Waals surface area contributed by atoms with Crippen LogP contribution in [0.15, 0.2) is 35.4 Å². The topological polar surface area (TPSA) is 85.3 Å². The quantitative estimate of drug-likeness (QED) is 0.666. The van der Waals surface area contributed by atoms with Crippen molar-refractivity contribution in [3.63, 3.8) is 0 Å². The number of nitrogens with zero attached hydrogens (tertiary/aromatic N) is 3. The predicted molar refractivity (Wildman–Crippen MR) is 77.8 cm³/mol. The number of hydrazone groups is 1. The fourth-order valence-corrected chi connectivity index (χ4v) is 2.02. The van der Waals surface area contributed by atoms with Crippen molar-refractivity contribution in [2.45, 2.75) is 13.5 Å². The summed E-state index contributed by atoms with van der Waals surface area (Å²) in [7, 11) is 0. The summed E-state index contributed by atoms with van der Waals surface area (Å²) in [6.45, 7) is 2.39. The molecule has 2 rings (SSSR count). The summed E-state index contributed by atoms with van der Waals surface area (Å²) in [5.41, 5.74) is 9.51. The minimum absolute atomic E-state index is 0.460. The van der Waals surface area contributed by atoms with Gasteiger partial charge in [0.2, 0.25) is 0 Å². The number of nitrogens with two attached hydrogens (primary N) is 1. The molecule has 7 heteroatoms. The second-order valence-electron chi connectivity index (χ2n) is 4.17. The van der Waals surface area contributed by atoms with Crippen LogP contribution in [0, 0.1) is 6.92 Å². The minimum Gasteiger partial charge on any atom is -0.350 e. The maximum absolute atomic E-state index is 10.5. The van der Waals surface area contributed by atoms with E-state index in [1.165, 1.54) is 6.21 Å². The first-order valence-electron chi connectivity index (χ1n) is 5.93. The number of nitrogens with one attached hydrogen (secondary N) is 1. The molecule has 6 nitrogen and oxygen atoms in total. The lowest BCUT2D eigenvalue weighted by atomic mass is 10.2. The highest BCUT2D eigenvalue weighted by Gasteiger charge is 2.11. The van der Waals surface area contributed by atoms with Gasteiger partial charge in [0, 0.05) is 0 Å². The van der Waals surface area contributed by atoms with E-state index in [0.717, 1.165) is 11.3 Å². The summed E-state index contributed by atoms with van der Waals surface area (Å²) < 4.78 is 1.68. The minimum atomic E-state index is -0.730. The number of halogens is 1. The molecule has 0 atom stereocenters. The van der Waals surface area contributed by atoms with Crippen LogP contribution in [0.5, 0.6) is 0 Å². The van der Waals surface area contributed by atoms with Crippen LogP contribution < -0.4 is 11.2 Å². The second-order valence-corrected chi connectivity index (χ2v) is 4.53. The molecule has 0 saturated heterocycles. The molecule has 0 radical (unpaired) electrons. The molecule has 20 heavy (non-hydrogen) atoms. The number of aromatic nitrogens is 2. The van der Waals surface area contributed by atoms with E-state index >= 15 is 0 Å². The summed E-state index contributed by atoms with van der Waals surface area (Å²) in [4.78, 5) is 10.5. The van der Waals surface area contributed by atoms with Gasteiger partial charge in [-0.15, -0.1) is 0 Å². The van der Waals surface area contributed by atoms with E-state index in [9.17, 15) is 4.79 Å². The zero-order valence-electron chi connectivity index (χ0n) is 10.9. The van der Waals surface area contributed by atoms with Crippen molar-refractivity contribution < 1.29 is 4.79 Å². The Morgan fingerprint density at radius 3 is 2.85 bits per heavy atom. The van der Waals surface area contributed by atoms with Crippen molar-refractivity contribution in [1.29, 1.82) is 0 Å². The smallest absolute Gasteiger partial charge is 0.332 e. The van der Waals surface area contributed by atoms with Crippen LogP contribution in [-0.2, 0) is 6.54 Å². The van der Waals surface area contributed by atoms with Gasteiger partial charge in [0.25, 0.3) is 0 Å². The summed E-state index contributed by atoms with van der Waals surface area (Å²) in [6, 6.07) is 9.13. The molecule has 0 unspecified atom stereocenters. The van der Waals surface area contributed by atoms with E-state index in [4.69, 9.17) is 17.3 Å². The summed E-state index contributed by atoms with van der Waals surface area (Å²) in [5.74, 6) is 0. The SMILES string of the molecule is Cc1nn(Cc2ccccc2)c(Cl)c1/C=N\NC(N)=O. The number of carbonyl (C=O) groups is 1. The van der Waals surface area contributed by atoms with Crippen molar-refractivity contribution in [1.82, 2.24) is 15.2 Å². The summed E-state index contributed by atoms with van der Waals surface area (Å²) >= 11 is 6.26. The van der Waals surface area contributed by atoms with Crippen LogP contribution in [-0.4, -0.2) is 22.0 Å². The zero-order valence-corrected chi connectivity index (χ0v) is 11.6. The Morgan fingerprint density at radius 2 is 2.20 bits per heavy atom. The lowest BCUT2D eigenvalue weighted by molar-refractivity contribution is 0.249. The fourth-order valence-electron chi connectivity index (χ4n) is 1.74. The Kier molecular flexibility index (Phi) is 4.37. The molecule has 1 aromatic carbocycles. The average molecular weight is 292 g/mol. The van der Waals surface area contributed by atoms with Crippen LogP contribution in [0.4, 0.5) is 4.79 Å². The maximum atomic E-state index is 10.5. The number of urea groups is 1. The van der Waals surface area contributed by atoms with Gasteiger partial charge in [-0.2, -0.15) is 10.2 Å². The largest absolute Gasteiger partial charge is 0.350 e. The lowest BCUT2D eigenvalue weighted by Crippen LogP contribution is -2.24. The molecule has 0 aliphatic rings. The third-order valence-corrected chi connectivity index (χ3v) is 3.05. The Balaban J connectivity index is 2.20. The number of hydrogen-bond acceptors (Lipinski definition) is 3. The molecule has 104 valence electrons. The molecule has 0 fully saturated rings. The molecule has 3 N–H and O–H groups in total. The monoisotopic (exact) mass is 291 g/mol. The Hall–Kier alpha value is -2.34. The van der Waals surface area contributed by atoms with Gasteiger partial charge in [0.1, 0.15) is 5.15 Å². The number of primary amides is 1. The summed E-state index contributed by atoms with van der Waals surface area (Å²) in [5, 5.41) is 8.51. The first-order valence-corrected chi connectivity index (χ1v) is 6.31. The average Bonchev–Trinajstić information content (AvgIpc) is 2.67. The molecule has 1 heterocycles. The van der Waals surface area contributed by atoms with Gasteiger partial charge < -0.3 is 5.73 Å². The molecule has 0 saturated carbocycles. The highest BCUT2D eigenvalue weighted by molar-refractivity contribution is 6.32. The molecule has 2 amide bonds. The molecule has 0 spiro atoms. The van der Waals surface area contributed by atoms with Crippen molar-refractivity contribution in [3.05, 3.63) is 52.3 Å². The van der Waals surface area contributed by atoms with E-state index in [2.05, 4.69) is 15.6 Å². The molecular weight excluding hydrogens is 278 g/mol. The van der Waals surface area contributed by atoms with Gasteiger partial charge in [0.15, 0.2) is 0 Å². The van der Waals surface area contributed by atoms with Crippen molar-refractivity contribution in [3.8, 4) is 0 Å². The Bertz CT molecular complexity index is 636. The van der Waals surface area contributed by atoms with Crippen LogP contribution in [0.3, 0.4) is 0 Å². The van der Waals surface area contributed by atoms with Crippen molar-refractivity contribution >= 4 is 23.8 Å². The van der Waals surface area contributed by atoms with Gasteiger partial charge in [-0.05, 0) is 12.5 Å². The number of benzene rings is 1. The van der Waals surface area contributed by atoms with Crippen molar-refractivity contribution in [2.24, 2.45) is 10.8 Å². The molecular formula is C13H14ClN5O.